The Morgan fingerprint density at radius 2 is 1.96 bits per heavy atom. The number of halogens is 1. The van der Waals surface area contributed by atoms with Gasteiger partial charge in [0.05, 0.1) is 21.4 Å². The Labute approximate surface area is 160 Å². The quantitative estimate of drug-likeness (QED) is 0.548. The summed E-state index contributed by atoms with van der Waals surface area (Å²) < 4.78 is 0. The van der Waals surface area contributed by atoms with Gasteiger partial charge in [-0.1, -0.05) is 17.7 Å². The number of amides is 1. The summed E-state index contributed by atoms with van der Waals surface area (Å²) in [7, 11) is 0. The Kier molecular flexibility index (Phi) is 5.78. The SMILES string of the molecule is Cc1ccc(NC(=O)c2ccc(SCc3csc(C)n3)cc2)c(Cl)c1. The number of thiazole rings is 1. The first-order valence-electron chi connectivity index (χ1n) is 7.72. The van der Waals surface area contributed by atoms with Gasteiger partial charge in [-0.2, -0.15) is 0 Å². The second kappa shape index (κ2) is 8.04. The third-order valence-corrected chi connectivity index (χ3v) is 5.72. The van der Waals surface area contributed by atoms with E-state index >= 15 is 0 Å². The summed E-state index contributed by atoms with van der Waals surface area (Å²) in [5.74, 6) is 0.659. The Balaban J connectivity index is 1.62. The molecule has 1 amide bonds. The molecule has 2 aromatic carbocycles. The molecule has 1 N–H and O–H groups in total. The van der Waals surface area contributed by atoms with Gasteiger partial charge < -0.3 is 5.32 Å². The van der Waals surface area contributed by atoms with Crippen molar-refractivity contribution >= 4 is 46.3 Å². The lowest BCUT2D eigenvalue weighted by molar-refractivity contribution is 0.102. The van der Waals surface area contributed by atoms with E-state index in [0.29, 0.717) is 16.3 Å². The molecule has 0 radical (unpaired) electrons. The molecule has 0 bridgehead atoms. The van der Waals surface area contributed by atoms with Gasteiger partial charge in [-0.3, -0.25) is 4.79 Å². The standard InChI is InChI=1S/C19H17ClN2OS2/c1-12-3-8-18(17(20)9-12)22-19(23)14-4-6-16(7-5-14)25-11-15-10-24-13(2)21-15/h3-10H,11H2,1-2H3,(H,22,23). The molecule has 0 aliphatic rings. The first kappa shape index (κ1) is 18.0. The number of rotatable bonds is 5. The summed E-state index contributed by atoms with van der Waals surface area (Å²) in [4.78, 5) is 17.9. The van der Waals surface area contributed by atoms with E-state index < -0.39 is 0 Å². The fourth-order valence-electron chi connectivity index (χ4n) is 2.25. The molecule has 0 unspecified atom stereocenters. The Bertz CT molecular complexity index is 891. The van der Waals surface area contributed by atoms with E-state index in [-0.39, 0.29) is 5.91 Å². The average molecular weight is 389 g/mol. The number of anilines is 1. The third kappa shape index (κ3) is 4.84. The van der Waals surface area contributed by atoms with Crippen molar-refractivity contribution in [2.24, 2.45) is 0 Å². The van der Waals surface area contributed by atoms with Gasteiger partial charge in [0, 0.05) is 21.6 Å². The molecule has 1 heterocycles. The van der Waals surface area contributed by atoms with Gasteiger partial charge in [0.1, 0.15) is 0 Å². The Morgan fingerprint density at radius 1 is 1.20 bits per heavy atom. The molecular formula is C19H17ClN2OS2. The van der Waals surface area contributed by atoms with Crippen LogP contribution in [0.5, 0.6) is 0 Å². The predicted octanol–water partition coefficient (Wildman–Crippen LogP) is 5.96. The van der Waals surface area contributed by atoms with Crippen LogP contribution in [0.25, 0.3) is 0 Å². The van der Waals surface area contributed by atoms with E-state index in [1.54, 1.807) is 23.1 Å². The molecule has 3 aromatic rings. The molecule has 0 fully saturated rings. The summed E-state index contributed by atoms with van der Waals surface area (Å²) >= 11 is 9.53. The zero-order valence-corrected chi connectivity index (χ0v) is 16.3. The van der Waals surface area contributed by atoms with E-state index in [4.69, 9.17) is 11.6 Å². The highest BCUT2D eigenvalue weighted by molar-refractivity contribution is 7.98. The molecule has 0 saturated heterocycles. The van der Waals surface area contributed by atoms with Crippen LogP contribution in [0.1, 0.15) is 26.6 Å². The van der Waals surface area contributed by atoms with Crippen LogP contribution < -0.4 is 5.32 Å². The summed E-state index contributed by atoms with van der Waals surface area (Å²) in [6.45, 7) is 3.97. The Hall–Kier alpha value is -1.82. The van der Waals surface area contributed by atoms with E-state index in [1.165, 1.54) is 0 Å². The number of hydrogen-bond acceptors (Lipinski definition) is 4. The molecule has 25 heavy (non-hydrogen) atoms. The normalized spacial score (nSPS) is 10.7. The number of carbonyl (C=O) groups is 1. The van der Waals surface area contributed by atoms with Gasteiger partial charge in [0.2, 0.25) is 0 Å². The highest BCUT2D eigenvalue weighted by atomic mass is 35.5. The van der Waals surface area contributed by atoms with Crippen LogP contribution in [-0.4, -0.2) is 10.9 Å². The number of aromatic nitrogens is 1. The highest BCUT2D eigenvalue weighted by Crippen LogP contribution is 2.25. The number of hydrogen-bond donors (Lipinski definition) is 1. The zero-order valence-electron chi connectivity index (χ0n) is 13.9. The van der Waals surface area contributed by atoms with Crippen molar-refractivity contribution in [3.05, 3.63) is 74.7 Å². The Morgan fingerprint density at radius 3 is 2.60 bits per heavy atom. The number of benzene rings is 2. The van der Waals surface area contributed by atoms with Crippen LogP contribution in [0.15, 0.2) is 52.7 Å². The minimum absolute atomic E-state index is 0.169. The van der Waals surface area contributed by atoms with Crippen molar-refractivity contribution < 1.29 is 4.79 Å². The minimum atomic E-state index is -0.169. The smallest absolute Gasteiger partial charge is 0.255 e. The molecular weight excluding hydrogens is 372 g/mol. The summed E-state index contributed by atoms with van der Waals surface area (Å²) in [6.07, 6.45) is 0. The molecule has 0 atom stereocenters. The van der Waals surface area contributed by atoms with Crippen LogP contribution in [-0.2, 0) is 5.75 Å². The monoisotopic (exact) mass is 388 g/mol. The fraction of sp³-hybridized carbons (Fsp3) is 0.158. The lowest BCUT2D eigenvalue weighted by Gasteiger charge is -2.08. The lowest BCUT2D eigenvalue weighted by atomic mass is 10.2. The van der Waals surface area contributed by atoms with E-state index in [9.17, 15) is 4.79 Å². The molecule has 3 rings (SSSR count). The first-order chi connectivity index (χ1) is 12.0. The maximum absolute atomic E-state index is 12.4. The van der Waals surface area contributed by atoms with Gasteiger partial charge in [-0.05, 0) is 55.8 Å². The second-order valence-corrected chi connectivity index (χ2v) is 8.13. The number of carbonyl (C=O) groups excluding carboxylic acids is 1. The van der Waals surface area contributed by atoms with Crippen LogP contribution in [0.3, 0.4) is 0 Å². The van der Waals surface area contributed by atoms with Gasteiger partial charge in [0.25, 0.3) is 5.91 Å². The molecule has 3 nitrogen and oxygen atoms in total. The lowest BCUT2D eigenvalue weighted by Crippen LogP contribution is -2.12. The molecule has 0 saturated carbocycles. The zero-order chi connectivity index (χ0) is 17.8. The van der Waals surface area contributed by atoms with Crippen LogP contribution in [0.4, 0.5) is 5.69 Å². The second-order valence-electron chi connectivity index (χ2n) is 5.61. The van der Waals surface area contributed by atoms with E-state index in [1.807, 2.05) is 56.3 Å². The minimum Gasteiger partial charge on any atom is -0.321 e. The number of thioether (sulfide) groups is 1. The summed E-state index contributed by atoms with van der Waals surface area (Å²) in [5.41, 5.74) is 3.36. The van der Waals surface area contributed by atoms with E-state index in [2.05, 4.69) is 15.7 Å². The molecule has 1 aromatic heterocycles. The topological polar surface area (TPSA) is 42.0 Å². The van der Waals surface area contributed by atoms with Crippen molar-refractivity contribution in [3.63, 3.8) is 0 Å². The van der Waals surface area contributed by atoms with E-state index in [0.717, 1.165) is 26.9 Å². The van der Waals surface area contributed by atoms with Crippen molar-refractivity contribution in [2.45, 2.75) is 24.5 Å². The van der Waals surface area contributed by atoms with Gasteiger partial charge >= 0.3 is 0 Å². The van der Waals surface area contributed by atoms with Gasteiger partial charge in [-0.15, -0.1) is 23.1 Å². The van der Waals surface area contributed by atoms with Crippen LogP contribution in [0, 0.1) is 13.8 Å². The number of aryl methyl sites for hydroxylation is 2. The molecule has 128 valence electrons. The predicted molar refractivity (Wildman–Crippen MR) is 107 cm³/mol. The molecule has 6 heteroatoms. The maximum Gasteiger partial charge on any atom is 0.255 e. The molecule has 0 aliphatic carbocycles. The highest BCUT2D eigenvalue weighted by Gasteiger charge is 2.09. The van der Waals surface area contributed by atoms with Gasteiger partial charge in [-0.25, -0.2) is 4.98 Å². The summed E-state index contributed by atoms with van der Waals surface area (Å²) in [5, 5.41) is 6.55. The maximum atomic E-state index is 12.4. The van der Waals surface area contributed by atoms with Crippen molar-refractivity contribution in [1.29, 1.82) is 0 Å². The summed E-state index contributed by atoms with van der Waals surface area (Å²) in [6, 6.07) is 13.1. The largest absolute Gasteiger partial charge is 0.321 e. The van der Waals surface area contributed by atoms with Crippen molar-refractivity contribution in [2.75, 3.05) is 5.32 Å². The van der Waals surface area contributed by atoms with Crippen LogP contribution >= 0.6 is 34.7 Å². The third-order valence-electron chi connectivity index (χ3n) is 3.54. The van der Waals surface area contributed by atoms with Crippen LogP contribution in [0.2, 0.25) is 5.02 Å². The van der Waals surface area contributed by atoms with Gasteiger partial charge in [0.15, 0.2) is 0 Å². The van der Waals surface area contributed by atoms with Crippen molar-refractivity contribution in [1.82, 2.24) is 4.98 Å². The van der Waals surface area contributed by atoms with Crippen molar-refractivity contribution in [3.8, 4) is 0 Å². The number of nitrogens with one attached hydrogen (secondary N) is 1. The average Bonchev–Trinajstić information content (AvgIpc) is 3.01. The molecule has 0 aliphatic heterocycles. The fourth-order valence-corrected chi connectivity index (χ4v) is 4.04. The number of nitrogens with zero attached hydrogens (tertiary/aromatic N) is 1. The molecule has 0 spiro atoms. The first-order valence-corrected chi connectivity index (χ1v) is 9.97.